The maximum Gasteiger partial charge on any atom is 0.119 e. The molecule has 0 amide bonds. The maximum atomic E-state index is 6.04. The Kier molecular flexibility index (Phi) is 9.05. The van der Waals surface area contributed by atoms with Gasteiger partial charge in [0.15, 0.2) is 0 Å². The van der Waals surface area contributed by atoms with E-state index in [-0.39, 0.29) is 0 Å². The number of aryl methyl sites for hydroxylation is 1. The van der Waals surface area contributed by atoms with Gasteiger partial charge in [-0.05, 0) is 67.0 Å². The van der Waals surface area contributed by atoms with Crippen molar-refractivity contribution in [1.29, 1.82) is 0 Å². The molecule has 1 aromatic heterocycles. The predicted octanol–water partition coefficient (Wildman–Crippen LogP) is 7.86. The standard InChI is InChI=1S/C27H39NO/c1-3-5-6-10-23-11-7-8-12-24(23)13-9-20-29-26-17-15-25(16-18-26)27-19-14-22(4-2)21-28-27/h14-19,21,23-24H,3-13,20H2,1-2H3. The first-order valence-corrected chi connectivity index (χ1v) is 12.0. The maximum absolute atomic E-state index is 6.04. The first-order chi connectivity index (χ1) is 14.3. The molecule has 0 radical (unpaired) electrons. The Morgan fingerprint density at radius 3 is 2.21 bits per heavy atom. The molecule has 0 aliphatic heterocycles. The van der Waals surface area contributed by atoms with Crippen LogP contribution in [0.5, 0.6) is 5.75 Å². The van der Waals surface area contributed by atoms with E-state index in [9.17, 15) is 0 Å². The zero-order valence-corrected chi connectivity index (χ0v) is 18.5. The van der Waals surface area contributed by atoms with Gasteiger partial charge in [0.2, 0.25) is 0 Å². The molecule has 1 heterocycles. The first kappa shape index (κ1) is 21.9. The minimum atomic E-state index is 0.834. The lowest BCUT2D eigenvalue weighted by atomic mass is 9.74. The van der Waals surface area contributed by atoms with E-state index in [1.54, 1.807) is 0 Å². The summed E-state index contributed by atoms with van der Waals surface area (Å²) in [6.07, 6.45) is 16.9. The van der Waals surface area contributed by atoms with Gasteiger partial charge in [0, 0.05) is 11.8 Å². The molecular formula is C27H39NO. The van der Waals surface area contributed by atoms with Crippen molar-refractivity contribution in [1.82, 2.24) is 4.98 Å². The van der Waals surface area contributed by atoms with Crippen LogP contribution in [0.4, 0.5) is 0 Å². The van der Waals surface area contributed by atoms with Gasteiger partial charge in [-0.25, -0.2) is 0 Å². The summed E-state index contributed by atoms with van der Waals surface area (Å²) in [6, 6.07) is 12.7. The largest absolute Gasteiger partial charge is 0.494 e. The highest BCUT2D eigenvalue weighted by atomic mass is 16.5. The fourth-order valence-electron chi connectivity index (χ4n) is 4.76. The molecule has 29 heavy (non-hydrogen) atoms. The molecule has 1 aliphatic rings. The van der Waals surface area contributed by atoms with E-state index >= 15 is 0 Å². The second-order valence-electron chi connectivity index (χ2n) is 8.72. The van der Waals surface area contributed by atoms with Gasteiger partial charge in [-0.15, -0.1) is 0 Å². The van der Waals surface area contributed by atoms with Crippen LogP contribution in [0.3, 0.4) is 0 Å². The third-order valence-electron chi connectivity index (χ3n) is 6.62. The van der Waals surface area contributed by atoms with Gasteiger partial charge in [0.05, 0.1) is 12.3 Å². The lowest BCUT2D eigenvalue weighted by molar-refractivity contribution is 0.190. The molecule has 2 nitrogen and oxygen atoms in total. The number of nitrogens with zero attached hydrogens (tertiary/aromatic N) is 1. The van der Waals surface area contributed by atoms with Crippen LogP contribution in [-0.4, -0.2) is 11.6 Å². The minimum absolute atomic E-state index is 0.834. The number of ether oxygens (including phenoxy) is 1. The Morgan fingerprint density at radius 1 is 0.862 bits per heavy atom. The van der Waals surface area contributed by atoms with Gasteiger partial charge in [-0.1, -0.05) is 71.3 Å². The highest BCUT2D eigenvalue weighted by molar-refractivity contribution is 5.60. The van der Waals surface area contributed by atoms with E-state index in [1.807, 2.05) is 6.20 Å². The molecule has 0 saturated heterocycles. The molecule has 1 aromatic carbocycles. The van der Waals surface area contributed by atoms with E-state index in [2.05, 4.69) is 55.2 Å². The van der Waals surface area contributed by atoms with Crippen molar-refractivity contribution in [3.8, 4) is 17.0 Å². The monoisotopic (exact) mass is 393 g/mol. The van der Waals surface area contributed by atoms with Crippen LogP contribution in [0.15, 0.2) is 42.6 Å². The Bertz CT molecular complexity index is 691. The van der Waals surface area contributed by atoms with Crippen molar-refractivity contribution in [2.45, 2.75) is 84.5 Å². The average Bonchev–Trinajstić information content (AvgIpc) is 2.78. The summed E-state index contributed by atoms with van der Waals surface area (Å²) >= 11 is 0. The predicted molar refractivity (Wildman–Crippen MR) is 123 cm³/mol. The zero-order chi connectivity index (χ0) is 20.3. The summed E-state index contributed by atoms with van der Waals surface area (Å²) in [5, 5.41) is 0. The molecule has 3 rings (SSSR count). The summed E-state index contributed by atoms with van der Waals surface area (Å²) in [5.41, 5.74) is 3.46. The van der Waals surface area contributed by atoms with Gasteiger partial charge < -0.3 is 4.74 Å². The number of pyridine rings is 1. The lowest BCUT2D eigenvalue weighted by Crippen LogP contribution is -2.20. The van der Waals surface area contributed by atoms with E-state index in [4.69, 9.17) is 4.74 Å². The van der Waals surface area contributed by atoms with Crippen molar-refractivity contribution in [2.75, 3.05) is 6.61 Å². The molecule has 2 heteroatoms. The molecule has 0 N–H and O–H groups in total. The first-order valence-electron chi connectivity index (χ1n) is 12.0. The smallest absolute Gasteiger partial charge is 0.119 e. The summed E-state index contributed by atoms with van der Waals surface area (Å²) in [7, 11) is 0. The second-order valence-corrected chi connectivity index (χ2v) is 8.72. The molecular weight excluding hydrogens is 354 g/mol. The van der Waals surface area contributed by atoms with Gasteiger partial charge in [-0.3, -0.25) is 4.98 Å². The number of rotatable bonds is 11. The highest BCUT2D eigenvalue weighted by Crippen LogP contribution is 2.36. The zero-order valence-electron chi connectivity index (χ0n) is 18.5. The third kappa shape index (κ3) is 6.87. The summed E-state index contributed by atoms with van der Waals surface area (Å²) in [4.78, 5) is 4.57. The van der Waals surface area contributed by atoms with Gasteiger partial charge in [0.1, 0.15) is 5.75 Å². The van der Waals surface area contributed by atoms with Gasteiger partial charge in [-0.2, -0.15) is 0 Å². The van der Waals surface area contributed by atoms with E-state index < -0.39 is 0 Å². The van der Waals surface area contributed by atoms with E-state index in [0.717, 1.165) is 41.9 Å². The molecule has 2 unspecified atom stereocenters. The lowest BCUT2D eigenvalue weighted by Gasteiger charge is -2.31. The van der Waals surface area contributed by atoms with Crippen molar-refractivity contribution in [3.05, 3.63) is 48.2 Å². The highest BCUT2D eigenvalue weighted by Gasteiger charge is 2.24. The van der Waals surface area contributed by atoms with Crippen LogP contribution in [-0.2, 0) is 6.42 Å². The quantitative estimate of drug-likeness (QED) is 0.362. The van der Waals surface area contributed by atoms with E-state index in [1.165, 1.54) is 69.8 Å². The second kappa shape index (κ2) is 12.0. The van der Waals surface area contributed by atoms with E-state index in [0.29, 0.717) is 0 Å². The van der Waals surface area contributed by atoms with Crippen LogP contribution in [0, 0.1) is 11.8 Å². The number of benzene rings is 1. The van der Waals surface area contributed by atoms with Crippen molar-refractivity contribution in [2.24, 2.45) is 11.8 Å². The van der Waals surface area contributed by atoms with Crippen LogP contribution < -0.4 is 4.74 Å². The molecule has 2 aromatic rings. The third-order valence-corrected chi connectivity index (χ3v) is 6.62. The molecule has 158 valence electrons. The normalized spacial score (nSPS) is 19.2. The number of aromatic nitrogens is 1. The minimum Gasteiger partial charge on any atom is -0.494 e. The fourth-order valence-corrected chi connectivity index (χ4v) is 4.76. The Balaban J connectivity index is 1.41. The molecule has 2 atom stereocenters. The fraction of sp³-hybridized carbons (Fsp3) is 0.593. The molecule has 0 bridgehead atoms. The summed E-state index contributed by atoms with van der Waals surface area (Å²) in [6.45, 7) is 5.30. The average molecular weight is 394 g/mol. The van der Waals surface area contributed by atoms with Crippen LogP contribution in [0.1, 0.15) is 83.6 Å². The number of hydrogen-bond acceptors (Lipinski definition) is 2. The van der Waals surface area contributed by atoms with Crippen molar-refractivity contribution in [3.63, 3.8) is 0 Å². The topological polar surface area (TPSA) is 22.1 Å². The van der Waals surface area contributed by atoms with Crippen LogP contribution in [0.25, 0.3) is 11.3 Å². The van der Waals surface area contributed by atoms with Crippen molar-refractivity contribution >= 4 is 0 Å². The Hall–Kier alpha value is -1.83. The summed E-state index contributed by atoms with van der Waals surface area (Å²) < 4.78 is 6.04. The number of unbranched alkanes of at least 4 members (excludes halogenated alkanes) is 2. The molecule has 1 saturated carbocycles. The van der Waals surface area contributed by atoms with Crippen LogP contribution in [0.2, 0.25) is 0 Å². The Morgan fingerprint density at radius 2 is 1.59 bits per heavy atom. The Labute approximate surface area is 178 Å². The van der Waals surface area contributed by atoms with Gasteiger partial charge >= 0.3 is 0 Å². The van der Waals surface area contributed by atoms with Gasteiger partial charge in [0.25, 0.3) is 0 Å². The SMILES string of the molecule is CCCCCC1CCCCC1CCCOc1ccc(-c2ccc(CC)cn2)cc1. The molecule has 1 aliphatic carbocycles. The molecule has 1 fully saturated rings. The summed E-state index contributed by atoms with van der Waals surface area (Å²) in [5.74, 6) is 2.88. The van der Waals surface area contributed by atoms with Crippen molar-refractivity contribution < 1.29 is 4.74 Å². The molecule has 0 spiro atoms. The van der Waals surface area contributed by atoms with Crippen LogP contribution >= 0.6 is 0 Å². The number of hydrogen-bond donors (Lipinski definition) is 0.